The molecule has 3 N–H and O–H groups in total. The molecule has 0 saturated carbocycles. The monoisotopic (exact) mass is 258 g/mol. The van der Waals surface area contributed by atoms with Gasteiger partial charge in [-0.15, -0.1) is 0 Å². The van der Waals surface area contributed by atoms with Crippen molar-refractivity contribution in [1.82, 2.24) is 4.90 Å². The van der Waals surface area contributed by atoms with E-state index in [1.165, 1.54) is 0 Å². The smallest absolute Gasteiger partial charge is 0.0529 e. The van der Waals surface area contributed by atoms with Crippen molar-refractivity contribution in [3.63, 3.8) is 0 Å². The van der Waals surface area contributed by atoms with Crippen molar-refractivity contribution in [2.24, 2.45) is 11.7 Å². The fourth-order valence-electron chi connectivity index (χ4n) is 2.93. The molecular weight excluding hydrogens is 224 g/mol. The summed E-state index contributed by atoms with van der Waals surface area (Å²) in [6.45, 7) is 13.9. The summed E-state index contributed by atoms with van der Waals surface area (Å²) in [6, 6.07) is 0. The molecule has 3 nitrogen and oxygen atoms in total. The van der Waals surface area contributed by atoms with E-state index < -0.39 is 0 Å². The Kier molecular flexibility index (Phi) is 8.83. The van der Waals surface area contributed by atoms with Gasteiger partial charge < -0.3 is 15.7 Å². The fourth-order valence-corrected chi connectivity index (χ4v) is 2.93. The first-order valence-corrected chi connectivity index (χ1v) is 7.62. The molecule has 0 aromatic heterocycles. The van der Waals surface area contributed by atoms with E-state index in [9.17, 15) is 5.11 Å². The van der Waals surface area contributed by atoms with Gasteiger partial charge in [0.1, 0.15) is 0 Å². The summed E-state index contributed by atoms with van der Waals surface area (Å²) in [6.07, 6.45) is 3.57. The van der Waals surface area contributed by atoms with Gasteiger partial charge in [-0.1, -0.05) is 34.1 Å². The van der Waals surface area contributed by atoms with E-state index in [0.717, 1.165) is 38.9 Å². The van der Waals surface area contributed by atoms with Gasteiger partial charge in [0.2, 0.25) is 0 Å². The summed E-state index contributed by atoms with van der Waals surface area (Å²) in [5.41, 5.74) is 6.33. The largest absolute Gasteiger partial charge is 0.393 e. The van der Waals surface area contributed by atoms with Gasteiger partial charge in [0.05, 0.1) is 6.10 Å². The van der Waals surface area contributed by atoms with Crippen molar-refractivity contribution < 1.29 is 5.11 Å². The van der Waals surface area contributed by atoms with Gasteiger partial charge >= 0.3 is 0 Å². The molecule has 18 heavy (non-hydrogen) atoms. The van der Waals surface area contributed by atoms with Crippen LogP contribution < -0.4 is 5.73 Å². The molecule has 0 radical (unpaired) electrons. The average Bonchev–Trinajstić information content (AvgIpc) is 2.33. The van der Waals surface area contributed by atoms with Crippen molar-refractivity contribution in [3.8, 4) is 0 Å². The Labute approximate surface area is 114 Å². The molecule has 0 aliphatic rings. The van der Waals surface area contributed by atoms with Crippen molar-refractivity contribution in [2.75, 3.05) is 19.6 Å². The van der Waals surface area contributed by atoms with Gasteiger partial charge in [-0.2, -0.15) is 0 Å². The highest BCUT2D eigenvalue weighted by Gasteiger charge is 2.33. The van der Waals surface area contributed by atoms with E-state index in [0.29, 0.717) is 12.3 Å². The second-order valence-corrected chi connectivity index (χ2v) is 5.56. The summed E-state index contributed by atoms with van der Waals surface area (Å²) in [4.78, 5) is 2.45. The highest BCUT2D eigenvalue weighted by atomic mass is 16.3. The molecule has 0 aromatic rings. The van der Waals surface area contributed by atoms with Gasteiger partial charge in [-0.3, -0.25) is 0 Å². The van der Waals surface area contributed by atoms with Crippen LogP contribution in [0.2, 0.25) is 0 Å². The lowest BCUT2D eigenvalue weighted by atomic mass is 9.75. The average molecular weight is 258 g/mol. The third kappa shape index (κ3) is 5.68. The molecule has 0 saturated heterocycles. The zero-order valence-electron chi connectivity index (χ0n) is 13.1. The predicted molar refractivity (Wildman–Crippen MR) is 79.7 cm³/mol. The first kappa shape index (κ1) is 17.9. The third-order valence-corrected chi connectivity index (χ3v) is 4.33. The molecule has 0 amide bonds. The summed E-state index contributed by atoms with van der Waals surface area (Å²) in [5, 5.41) is 9.64. The van der Waals surface area contributed by atoms with Crippen molar-refractivity contribution in [3.05, 3.63) is 0 Å². The maximum atomic E-state index is 9.64. The summed E-state index contributed by atoms with van der Waals surface area (Å²) >= 11 is 0. The van der Waals surface area contributed by atoms with Crippen LogP contribution in [0.1, 0.15) is 60.3 Å². The minimum Gasteiger partial charge on any atom is -0.393 e. The molecule has 0 rings (SSSR count). The van der Waals surface area contributed by atoms with Gasteiger partial charge in [0, 0.05) is 5.54 Å². The number of hydrogen-bond donors (Lipinski definition) is 2. The van der Waals surface area contributed by atoms with Crippen molar-refractivity contribution >= 4 is 0 Å². The number of hydrogen-bond acceptors (Lipinski definition) is 3. The van der Waals surface area contributed by atoms with E-state index in [4.69, 9.17) is 5.73 Å². The highest BCUT2D eigenvalue weighted by molar-refractivity contribution is 4.91. The molecule has 110 valence electrons. The minimum atomic E-state index is -0.308. The number of aliphatic hydroxyl groups excluding tert-OH is 1. The van der Waals surface area contributed by atoms with E-state index in [-0.39, 0.29) is 11.6 Å². The van der Waals surface area contributed by atoms with Crippen LogP contribution in [0.4, 0.5) is 0 Å². The lowest BCUT2D eigenvalue weighted by Crippen LogP contribution is -2.49. The lowest BCUT2D eigenvalue weighted by molar-refractivity contribution is 0.106. The lowest BCUT2D eigenvalue weighted by Gasteiger charge is -2.38. The molecule has 0 aromatic carbocycles. The van der Waals surface area contributed by atoms with Gasteiger partial charge in [0.15, 0.2) is 0 Å². The van der Waals surface area contributed by atoms with Crippen LogP contribution in [0, 0.1) is 5.92 Å². The van der Waals surface area contributed by atoms with Crippen LogP contribution in [-0.2, 0) is 0 Å². The van der Waals surface area contributed by atoms with Crippen LogP contribution in [0.25, 0.3) is 0 Å². The van der Waals surface area contributed by atoms with Gasteiger partial charge in [-0.05, 0) is 51.7 Å². The quantitative estimate of drug-likeness (QED) is 0.633. The molecule has 0 bridgehead atoms. The normalized spacial score (nSPS) is 18.7. The minimum absolute atomic E-state index is 0.212. The zero-order chi connectivity index (χ0) is 14.2. The maximum absolute atomic E-state index is 9.64. The number of nitrogens with two attached hydrogens (primary N) is 1. The van der Waals surface area contributed by atoms with Gasteiger partial charge in [0.25, 0.3) is 0 Å². The Morgan fingerprint density at radius 3 is 2.06 bits per heavy atom. The SMILES string of the molecule is CCC(CCN(CC)CC)C(N)(CC)CC(C)O. The summed E-state index contributed by atoms with van der Waals surface area (Å²) in [7, 11) is 0. The highest BCUT2D eigenvalue weighted by Crippen LogP contribution is 2.29. The molecule has 0 heterocycles. The van der Waals surface area contributed by atoms with Crippen LogP contribution in [-0.4, -0.2) is 41.3 Å². The topological polar surface area (TPSA) is 49.5 Å². The summed E-state index contributed by atoms with van der Waals surface area (Å²) < 4.78 is 0. The Bertz CT molecular complexity index is 205. The van der Waals surface area contributed by atoms with Crippen molar-refractivity contribution in [1.29, 1.82) is 0 Å². The summed E-state index contributed by atoms with van der Waals surface area (Å²) in [5.74, 6) is 0.498. The second-order valence-electron chi connectivity index (χ2n) is 5.56. The third-order valence-electron chi connectivity index (χ3n) is 4.33. The number of aliphatic hydroxyl groups is 1. The molecule has 0 aliphatic carbocycles. The van der Waals surface area contributed by atoms with Gasteiger partial charge in [-0.25, -0.2) is 0 Å². The van der Waals surface area contributed by atoms with E-state index in [2.05, 4.69) is 32.6 Å². The fraction of sp³-hybridized carbons (Fsp3) is 1.00. The Morgan fingerprint density at radius 2 is 1.72 bits per heavy atom. The zero-order valence-corrected chi connectivity index (χ0v) is 13.1. The maximum Gasteiger partial charge on any atom is 0.0529 e. The predicted octanol–water partition coefficient (Wildman–Crippen LogP) is 2.62. The van der Waals surface area contributed by atoms with Crippen LogP contribution in [0.3, 0.4) is 0 Å². The molecule has 0 spiro atoms. The van der Waals surface area contributed by atoms with Crippen LogP contribution in [0.5, 0.6) is 0 Å². The molecule has 0 fully saturated rings. The van der Waals surface area contributed by atoms with E-state index in [1.807, 2.05) is 6.92 Å². The first-order chi connectivity index (χ1) is 8.43. The Hall–Kier alpha value is -0.120. The molecule has 3 heteroatoms. The van der Waals surface area contributed by atoms with E-state index in [1.54, 1.807) is 0 Å². The number of nitrogens with zero attached hydrogens (tertiary/aromatic N) is 1. The number of rotatable bonds is 10. The van der Waals surface area contributed by atoms with Crippen LogP contribution >= 0.6 is 0 Å². The molecule has 3 unspecified atom stereocenters. The Balaban J connectivity index is 4.51. The van der Waals surface area contributed by atoms with Crippen molar-refractivity contribution in [2.45, 2.75) is 71.9 Å². The molecule has 3 atom stereocenters. The standard InChI is InChI=1S/C15H34N2O/c1-6-14(10-11-17(8-3)9-4)15(16,7-2)12-13(5)18/h13-14,18H,6-12,16H2,1-5H3. The first-order valence-electron chi connectivity index (χ1n) is 7.62. The molecule has 0 aliphatic heterocycles. The van der Waals surface area contributed by atoms with E-state index >= 15 is 0 Å². The molecular formula is C15H34N2O. The second kappa shape index (κ2) is 8.89. The van der Waals surface area contributed by atoms with Crippen LogP contribution in [0.15, 0.2) is 0 Å². The Morgan fingerprint density at radius 1 is 1.17 bits per heavy atom.